The molecule has 0 aliphatic carbocycles. The monoisotopic (exact) mass is 303 g/mol. The SMILES string of the molecule is Cc1ccccc1N1CCC(NC[C@@H]2CCNC[C@H]2O)CC1. The maximum absolute atomic E-state index is 10.0. The first-order chi connectivity index (χ1) is 10.7. The molecule has 1 aromatic rings. The quantitative estimate of drug-likeness (QED) is 0.789. The number of rotatable bonds is 4. The standard InChI is InChI=1S/C18H29N3O/c1-14-4-2-3-5-17(14)21-10-7-16(8-11-21)20-12-15-6-9-19-13-18(15)22/h2-5,15-16,18-20,22H,6-13H2,1H3/t15-,18+/m0/s1. The van der Waals surface area contributed by atoms with Crippen LogP contribution in [0, 0.1) is 12.8 Å². The zero-order valence-electron chi connectivity index (χ0n) is 13.6. The molecule has 3 rings (SSSR count). The number of hydrogen-bond donors (Lipinski definition) is 3. The van der Waals surface area contributed by atoms with Gasteiger partial charge in [-0.3, -0.25) is 0 Å². The number of aryl methyl sites for hydroxylation is 1. The molecule has 3 N–H and O–H groups in total. The Balaban J connectivity index is 1.45. The first-order valence-corrected chi connectivity index (χ1v) is 8.67. The Morgan fingerprint density at radius 3 is 2.73 bits per heavy atom. The molecule has 2 atom stereocenters. The van der Waals surface area contributed by atoms with Gasteiger partial charge in [-0.15, -0.1) is 0 Å². The number of para-hydroxylation sites is 1. The molecule has 2 saturated heterocycles. The predicted octanol–water partition coefficient (Wildman–Crippen LogP) is 1.52. The summed E-state index contributed by atoms with van der Waals surface area (Å²) in [5.41, 5.74) is 2.75. The number of benzene rings is 1. The third-order valence-electron chi connectivity index (χ3n) is 5.21. The van der Waals surface area contributed by atoms with Gasteiger partial charge in [0.05, 0.1) is 6.10 Å². The first-order valence-electron chi connectivity index (χ1n) is 8.67. The summed E-state index contributed by atoms with van der Waals surface area (Å²) in [5, 5.41) is 17.0. The van der Waals surface area contributed by atoms with Crippen molar-refractivity contribution in [1.29, 1.82) is 0 Å². The Kier molecular flexibility index (Phi) is 5.34. The topological polar surface area (TPSA) is 47.5 Å². The van der Waals surface area contributed by atoms with Crippen LogP contribution in [-0.2, 0) is 0 Å². The highest BCUT2D eigenvalue weighted by molar-refractivity contribution is 5.53. The van der Waals surface area contributed by atoms with Gasteiger partial charge >= 0.3 is 0 Å². The van der Waals surface area contributed by atoms with E-state index in [1.165, 1.54) is 24.1 Å². The minimum Gasteiger partial charge on any atom is -0.391 e. The Hall–Kier alpha value is -1.10. The molecule has 0 spiro atoms. The van der Waals surface area contributed by atoms with Gasteiger partial charge in [0.15, 0.2) is 0 Å². The highest BCUT2D eigenvalue weighted by Gasteiger charge is 2.25. The molecule has 2 heterocycles. The molecule has 0 amide bonds. The van der Waals surface area contributed by atoms with Crippen molar-refractivity contribution in [2.45, 2.75) is 38.3 Å². The molecular formula is C18H29N3O. The molecular weight excluding hydrogens is 274 g/mol. The number of nitrogens with one attached hydrogen (secondary N) is 2. The number of aliphatic hydroxyl groups excluding tert-OH is 1. The van der Waals surface area contributed by atoms with Crippen LogP contribution in [0.1, 0.15) is 24.8 Å². The molecule has 4 nitrogen and oxygen atoms in total. The lowest BCUT2D eigenvalue weighted by Gasteiger charge is -2.36. The highest BCUT2D eigenvalue weighted by Crippen LogP contribution is 2.23. The average Bonchev–Trinajstić information content (AvgIpc) is 2.55. The Morgan fingerprint density at radius 1 is 1.23 bits per heavy atom. The maximum atomic E-state index is 10.0. The van der Waals surface area contributed by atoms with Crippen LogP contribution in [0.2, 0.25) is 0 Å². The van der Waals surface area contributed by atoms with Gasteiger partial charge in [0.2, 0.25) is 0 Å². The second-order valence-electron chi connectivity index (χ2n) is 6.78. The Bertz CT molecular complexity index is 471. The predicted molar refractivity (Wildman–Crippen MR) is 91.4 cm³/mol. The molecule has 0 radical (unpaired) electrons. The van der Waals surface area contributed by atoms with Crippen LogP contribution in [0.3, 0.4) is 0 Å². The fraction of sp³-hybridized carbons (Fsp3) is 0.667. The molecule has 122 valence electrons. The summed E-state index contributed by atoms with van der Waals surface area (Å²) >= 11 is 0. The molecule has 22 heavy (non-hydrogen) atoms. The van der Waals surface area contributed by atoms with Gasteiger partial charge in [0, 0.05) is 37.9 Å². The van der Waals surface area contributed by atoms with Gasteiger partial charge in [-0.1, -0.05) is 18.2 Å². The zero-order valence-corrected chi connectivity index (χ0v) is 13.6. The van der Waals surface area contributed by atoms with E-state index in [0.717, 1.165) is 39.1 Å². The molecule has 0 aromatic heterocycles. The van der Waals surface area contributed by atoms with E-state index in [4.69, 9.17) is 0 Å². The highest BCUT2D eigenvalue weighted by atomic mass is 16.3. The van der Waals surface area contributed by atoms with Crippen molar-refractivity contribution in [3.05, 3.63) is 29.8 Å². The van der Waals surface area contributed by atoms with Gasteiger partial charge in [0.1, 0.15) is 0 Å². The van der Waals surface area contributed by atoms with Crippen molar-refractivity contribution in [3.63, 3.8) is 0 Å². The second-order valence-corrected chi connectivity index (χ2v) is 6.78. The van der Waals surface area contributed by atoms with Crippen molar-refractivity contribution in [2.75, 3.05) is 37.6 Å². The summed E-state index contributed by atoms with van der Waals surface area (Å²) < 4.78 is 0. The molecule has 2 aliphatic heterocycles. The third kappa shape index (κ3) is 3.80. The summed E-state index contributed by atoms with van der Waals surface area (Å²) in [7, 11) is 0. The van der Waals surface area contributed by atoms with Crippen molar-refractivity contribution in [1.82, 2.24) is 10.6 Å². The van der Waals surface area contributed by atoms with E-state index in [9.17, 15) is 5.11 Å². The van der Waals surface area contributed by atoms with E-state index in [-0.39, 0.29) is 6.10 Å². The summed E-state index contributed by atoms with van der Waals surface area (Å²) in [5.74, 6) is 0.413. The molecule has 0 unspecified atom stereocenters. The first kappa shape index (κ1) is 15.8. The van der Waals surface area contributed by atoms with E-state index in [1.807, 2.05) is 0 Å². The Morgan fingerprint density at radius 2 is 2.00 bits per heavy atom. The fourth-order valence-corrected chi connectivity index (χ4v) is 3.70. The summed E-state index contributed by atoms with van der Waals surface area (Å²) in [6, 6.07) is 9.26. The van der Waals surface area contributed by atoms with Gasteiger partial charge < -0.3 is 20.6 Å². The number of β-amino-alcohol motifs (C(OH)–C–C–N with tert-alkyl or cyclic N) is 1. The smallest absolute Gasteiger partial charge is 0.0705 e. The summed E-state index contributed by atoms with van der Waals surface area (Å²) in [4.78, 5) is 2.51. The van der Waals surface area contributed by atoms with Crippen LogP contribution in [0.4, 0.5) is 5.69 Å². The van der Waals surface area contributed by atoms with Gasteiger partial charge in [-0.2, -0.15) is 0 Å². The molecule has 1 aromatic carbocycles. The van der Waals surface area contributed by atoms with Crippen LogP contribution in [-0.4, -0.2) is 50.0 Å². The molecule has 4 heteroatoms. The molecule has 0 saturated carbocycles. The Labute approximate surface area is 133 Å². The van der Waals surface area contributed by atoms with Crippen LogP contribution in [0.25, 0.3) is 0 Å². The lowest BCUT2D eigenvalue weighted by atomic mass is 9.94. The minimum atomic E-state index is -0.187. The van der Waals surface area contributed by atoms with E-state index in [1.54, 1.807) is 0 Å². The number of aliphatic hydroxyl groups is 1. The van der Waals surface area contributed by atoms with Crippen LogP contribution < -0.4 is 15.5 Å². The normalized spacial score (nSPS) is 27.1. The average molecular weight is 303 g/mol. The minimum absolute atomic E-state index is 0.187. The van der Waals surface area contributed by atoms with E-state index < -0.39 is 0 Å². The molecule has 2 aliphatic rings. The van der Waals surface area contributed by atoms with Crippen LogP contribution in [0.15, 0.2) is 24.3 Å². The third-order valence-corrected chi connectivity index (χ3v) is 5.21. The number of piperidine rings is 2. The van der Waals surface area contributed by atoms with E-state index in [2.05, 4.69) is 46.7 Å². The van der Waals surface area contributed by atoms with Gasteiger partial charge in [-0.25, -0.2) is 0 Å². The van der Waals surface area contributed by atoms with Crippen molar-refractivity contribution in [2.24, 2.45) is 5.92 Å². The second kappa shape index (κ2) is 7.44. The van der Waals surface area contributed by atoms with E-state index >= 15 is 0 Å². The lowest BCUT2D eigenvalue weighted by molar-refractivity contribution is 0.0793. The number of hydrogen-bond acceptors (Lipinski definition) is 4. The molecule has 2 fully saturated rings. The largest absolute Gasteiger partial charge is 0.391 e. The van der Waals surface area contributed by atoms with Gasteiger partial charge in [-0.05, 0) is 50.3 Å². The fourth-order valence-electron chi connectivity index (χ4n) is 3.70. The van der Waals surface area contributed by atoms with Crippen LogP contribution >= 0.6 is 0 Å². The number of anilines is 1. The van der Waals surface area contributed by atoms with E-state index in [0.29, 0.717) is 12.0 Å². The van der Waals surface area contributed by atoms with Gasteiger partial charge in [0.25, 0.3) is 0 Å². The lowest BCUT2D eigenvalue weighted by Crippen LogP contribution is -2.48. The van der Waals surface area contributed by atoms with Crippen molar-refractivity contribution < 1.29 is 5.11 Å². The summed E-state index contributed by atoms with van der Waals surface area (Å²) in [6.45, 7) is 7.18. The van der Waals surface area contributed by atoms with Crippen molar-refractivity contribution >= 4 is 5.69 Å². The maximum Gasteiger partial charge on any atom is 0.0705 e. The van der Waals surface area contributed by atoms with Crippen molar-refractivity contribution in [3.8, 4) is 0 Å². The summed E-state index contributed by atoms with van der Waals surface area (Å²) in [6.07, 6.45) is 3.27. The zero-order chi connectivity index (χ0) is 15.4. The van der Waals surface area contributed by atoms with Crippen LogP contribution in [0.5, 0.6) is 0 Å². The molecule has 0 bridgehead atoms. The number of nitrogens with zero attached hydrogens (tertiary/aromatic N) is 1.